The largest absolute Gasteiger partial charge is 0.573 e. The Balaban J connectivity index is 2.03. The van der Waals surface area contributed by atoms with Gasteiger partial charge in [0, 0.05) is 12.0 Å². The highest BCUT2D eigenvalue weighted by Crippen LogP contribution is 2.32. The van der Waals surface area contributed by atoms with Gasteiger partial charge < -0.3 is 15.8 Å². The van der Waals surface area contributed by atoms with Crippen LogP contribution in [0.4, 0.5) is 18.9 Å². The van der Waals surface area contributed by atoms with E-state index in [1.54, 1.807) is 0 Å². The molecule has 0 heterocycles. The fourth-order valence-electron chi connectivity index (χ4n) is 2.55. The van der Waals surface area contributed by atoms with Gasteiger partial charge in [0.1, 0.15) is 0 Å². The molecule has 0 unspecified atom stereocenters. The van der Waals surface area contributed by atoms with Gasteiger partial charge in [-0.15, -0.1) is 13.2 Å². The minimum Gasteiger partial charge on any atom is -0.404 e. The van der Waals surface area contributed by atoms with Crippen LogP contribution in [0, 0.1) is 0 Å². The van der Waals surface area contributed by atoms with E-state index in [-0.39, 0.29) is 12.1 Å². The van der Waals surface area contributed by atoms with Crippen LogP contribution in [0.1, 0.15) is 32.1 Å². The molecule has 1 aliphatic carbocycles. The summed E-state index contributed by atoms with van der Waals surface area (Å²) in [5, 5.41) is 2.44. The summed E-state index contributed by atoms with van der Waals surface area (Å²) in [6.45, 7) is 0. The molecule has 1 aromatic carbocycles. The maximum Gasteiger partial charge on any atom is 0.573 e. The lowest BCUT2D eigenvalue weighted by atomic mass is 9.94. The van der Waals surface area contributed by atoms with Crippen molar-refractivity contribution in [2.45, 2.75) is 44.0 Å². The molecule has 0 atom stereocenters. The van der Waals surface area contributed by atoms with E-state index in [2.05, 4.69) is 10.1 Å². The molecule has 0 radical (unpaired) electrons. The van der Waals surface area contributed by atoms with Gasteiger partial charge in [0.05, 0.1) is 5.69 Å². The first-order chi connectivity index (χ1) is 9.77. The van der Waals surface area contributed by atoms with Crippen LogP contribution in [-0.2, 0) is 4.79 Å². The molecular weight excluding hydrogens is 285 g/mol. The highest BCUT2D eigenvalue weighted by Gasteiger charge is 2.34. The van der Waals surface area contributed by atoms with E-state index in [1.165, 1.54) is 18.2 Å². The number of ether oxygens (including phenoxy) is 1. The predicted molar refractivity (Wildman–Crippen MR) is 71.8 cm³/mol. The highest BCUT2D eigenvalue weighted by molar-refractivity contribution is 5.93. The average molecular weight is 302 g/mol. The van der Waals surface area contributed by atoms with E-state index in [9.17, 15) is 18.0 Å². The summed E-state index contributed by atoms with van der Waals surface area (Å²) in [6, 6.07) is 5.43. The minimum atomic E-state index is -4.80. The molecular formula is C14H17F3N2O2. The molecule has 2 rings (SSSR count). The van der Waals surface area contributed by atoms with E-state index >= 15 is 0 Å². The normalized spacial score (nSPS) is 17.5. The number of benzene rings is 1. The van der Waals surface area contributed by atoms with Crippen molar-refractivity contribution in [3.05, 3.63) is 24.3 Å². The lowest BCUT2D eigenvalue weighted by molar-refractivity contribution is -0.274. The molecule has 7 heteroatoms. The van der Waals surface area contributed by atoms with Crippen molar-refractivity contribution in [3.8, 4) is 5.75 Å². The number of para-hydroxylation sites is 2. The van der Waals surface area contributed by atoms with E-state index in [4.69, 9.17) is 5.73 Å². The number of hydrogen-bond donors (Lipinski definition) is 2. The maximum absolute atomic E-state index is 12.3. The Morgan fingerprint density at radius 1 is 1.29 bits per heavy atom. The third-order valence-corrected chi connectivity index (χ3v) is 3.50. The van der Waals surface area contributed by atoms with E-state index in [0.717, 1.165) is 31.7 Å². The quantitative estimate of drug-likeness (QED) is 0.897. The summed E-state index contributed by atoms with van der Waals surface area (Å²) in [5.41, 5.74) is 5.52. The molecule has 1 aromatic rings. The van der Waals surface area contributed by atoms with Gasteiger partial charge in [-0.3, -0.25) is 4.79 Å². The van der Waals surface area contributed by atoms with Gasteiger partial charge in [0.25, 0.3) is 0 Å². The molecule has 1 aliphatic rings. The van der Waals surface area contributed by atoms with Crippen LogP contribution < -0.4 is 15.8 Å². The lowest BCUT2D eigenvalue weighted by Crippen LogP contribution is -2.40. The highest BCUT2D eigenvalue weighted by atomic mass is 19.4. The Morgan fingerprint density at radius 3 is 2.52 bits per heavy atom. The number of carbonyl (C=O) groups excluding carboxylic acids is 1. The van der Waals surface area contributed by atoms with Gasteiger partial charge in [-0.25, -0.2) is 0 Å². The molecule has 0 bridgehead atoms. The first-order valence-corrected chi connectivity index (χ1v) is 6.71. The minimum absolute atomic E-state index is 0.0126. The van der Waals surface area contributed by atoms with Gasteiger partial charge in [-0.2, -0.15) is 0 Å². The van der Waals surface area contributed by atoms with Crippen LogP contribution in [-0.4, -0.2) is 17.8 Å². The van der Waals surface area contributed by atoms with Gasteiger partial charge in [-0.05, 0) is 25.0 Å². The number of anilines is 1. The van der Waals surface area contributed by atoms with Gasteiger partial charge in [-0.1, -0.05) is 25.0 Å². The number of rotatable bonds is 4. The third-order valence-electron chi connectivity index (χ3n) is 3.50. The van der Waals surface area contributed by atoms with E-state index < -0.39 is 23.6 Å². The number of halogens is 3. The molecule has 21 heavy (non-hydrogen) atoms. The summed E-state index contributed by atoms with van der Waals surface area (Å²) in [7, 11) is 0. The predicted octanol–water partition coefficient (Wildman–Crippen LogP) is 3.19. The zero-order chi connectivity index (χ0) is 15.5. The summed E-state index contributed by atoms with van der Waals surface area (Å²) in [5.74, 6) is -0.839. The zero-order valence-corrected chi connectivity index (χ0v) is 11.4. The molecule has 0 spiro atoms. The van der Waals surface area contributed by atoms with Crippen molar-refractivity contribution < 1.29 is 22.7 Å². The first-order valence-electron chi connectivity index (χ1n) is 6.71. The Bertz CT molecular complexity index is 511. The van der Waals surface area contributed by atoms with Crippen molar-refractivity contribution in [3.63, 3.8) is 0 Å². The lowest BCUT2D eigenvalue weighted by Gasteiger charge is -2.23. The number of nitrogens with two attached hydrogens (primary N) is 1. The van der Waals surface area contributed by atoms with E-state index in [1.807, 2.05) is 0 Å². The van der Waals surface area contributed by atoms with Crippen molar-refractivity contribution in [2.24, 2.45) is 5.73 Å². The van der Waals surface area contributed by atoms with Crippen molar-refractivity contribution in [1.29, 1.82) is 0 Å². The van der Waals surface area contributed by atoms with Crippen molar-refractivity contribution in [2.75, 3.05) is 5.32 Å². The first kappa shape index (κ1) is 15.6. The Kier molecular flexibility index (Phi) is 4.41. The topological polar surface area (TPSA) is 64.4 Å². The Hall–Kier alpha value is -1.76. The van der Waals surface area contributed by atoms with Crippen LogP contribution in [0.25, 0.3) is 0 Å². The number of hydrogen-bond acceptors (Lipinski definition) is 3. The molecule has 0 saturated heterocycles. The maximum atomic E-state index is 12.3. The van der Waals surface area contributed by atoms with Crippen molar-refractivity contribution >= 4 is 11.6 Å². The van der Waals surface area contributed by atoms with Crippen molar-refractivity contribution in [1.82, 2.24) is 0 Å². The number of amides is 1. The van der Waals surface area contributed by atoms with Gasteiger partial charge >= 0.3 is 6.36 Å². The van der Waals surface area contributed by atoms with Gasteiger partial charge in [0.2, 0.25) is 5.91 Å². The second kappa shape index (κ2) is 5.93. The molecule has 3 N–H and O–H groups in total. The smallest absolute Gasteiger partial charge is 0.404 e. The third kappa shape index (κ3) is 4.63. The molecule has 1 saturated carbocycles. The molecule has 0 aliphatic heterocycles. The second-order valence-corrected chi connectivity index (χ2v) is 5.34. The fraction of sp³-hybridized carbons (Fsp3) is 0.500. The SMILES string of the molecule is NC1(CC(=O)Nc2ccccc2OC(F)(F)F)CCCC1. The Labute approximate surface area is 120 Å². The monoisotopic (exact) mass is 302 g/mol. The summed E-state index contributed by atoms with van der Waals surface area (Å²) < 4.78 is 40.8. The standard InChI is InChI=1S/C14H17F3N2O2/c15-14(16,17)21-11-6-2-1-5-10(11)19-12(20)9-13(18)7-3-4-8-13/h1-2,5-6H,3-4,7-9,18H2,(H,19,20). The molecule has 4 nitrogen and oxygen atoms in total. The fourth-order valence-corrected chi connectivity index (χ4v) is 2.55. The van der Waals surface area contributed by atoms with Gasteiger partial charge in [0.15, 0.2) is 5.75 Å². The number of carbonyl (C=O) groups is 1. The summed E-state index contributed by atoms with van der Waals surface area (Å²) in [4.78, 5) is 12.0. The second-order valence-electron chi connectivity index (χ2n) is 5.34. The van der Waals surface area contributed by atoms with Crippen LogP contribution in [0.2, 0.25) is 0 Å². The van der Waals surface area contributed by atoms with Crippen LogP contribution in [0.3, 0.4) is 0 Å². The summed E-state index contributed by atoms with van der Waals surface area (Å²) in [6.07, 6.45) is -1.27. The average Bonchev–Trinajstić information content (AvgIpc) is 2.76. The number of nitrogens with one attached hydrogen (secondary N) is 1. The molecule has 0 aromatic heterocycles. The van der Waals surface area contributed by atoms with Crippen LogP contribution >= 0.6 is 0 Å². The van der Waals surface area contributed by atoms with E-state index in [0.29, 0.717) is 0 Å². The zero-order valence-electron chi connectivity index (χ0n) is 11.4. The van der Waals surface area contributed by atoms with Crippen LogP contribution in [0.15, 0.2) is 24.3 Å². The van der Waals surface area contributed by atoms with Crippen LogP contribution in [0.5, 0.6) is 5.75 Å². The molecule has 116 valence electrons. The molecule has 1 fully saturated rings. The Morgan fingerprint density at radius 2 is 1.90 bits per heavy atom. The summed E-state index contributed by atoms with van der Waals surface area (Å²) >= 11 is 0. The number of alkyl halides is 3. The molecule has 1 amide bonds.